The first-order valence-electron chi connectivity index (χ1n) is 8.93. The number of anilines is 1. The molecule has 1 aliphatic rings. The third-order valence-electron chi connectivity index (χ3n) is 4.70. The lowest BCUT2D eigenvalue weighted by Gasteiger charge is -2.28. The van der Waals surface area contributed by atoms with Gasteiger partial charge in [0.15, 0.2) is 0 Å². The molecule has 27 heavy (non-hydrogen) atoms. The molecule has 3 amide bonds. The zero-order valence-electron chi connectivity index (χ0n) is 14.8. The van der Waals surface area contributed by atoms with Crippen LogP contribution in [0.2, 0.25) is 0 Å². The summed E-state index contributed by atoms with van der Waals surface area (Å²) in [5.74, 6) is -0.260. The summed E-state index contributed by atoms with van der Waals surface area (Å²) in [6.07, 6.45) is 2.57. The molecule has 1 aliphatic heterocycles. The van der Waals surface area contributed by atoms with Crippen molar-refractivity contribution >= 4 is 28.5 Å². The lowest BCUT2D eigenvalue weighted by Crippen LogP contribution is -2.45. The van der Waals surface area contributed by atoms with Crippen molar-refractivity contribution in [1.82, 2.24) is 15.2 Å². The molecule has 0 spiro atoms. The maximum atomic E-state index is 12.4. The Kier molecular flexibility index (Phi) is 4.70. The number of rotatable bonds is 3. The maximum absolute atomic E-state index is 12.4. The molecule has 6 heteroatoms. The van der Waals surface area contributed by atoms with Crippen LogP contribution in [0.25, 0.3) is 10.9 Å². The molecule has 2 N–H and O–H groups in total. The maximum Gasteiger partial charge on any atom is 0.318 e. The highest BCUT2D eigenvalue weighted by molar-refractivity contribution is 5.96. The Morgan fingerprint density at radius 2 is 1.89 bits per heavy atom. The Bertz CT molecular complexity index is 1000. The van der Waals surface area contributed by atoms with Crippen LogP contribution >= 0.6 is 0 Å². The fraction of sp³-hybridized carbons (Fsp3) is 0.190. The van der Waals surface area contributed by atoms with Gasteiger partial charge in [-0.05, 0) is 41.8 Å². The quantitative estimate of drug-likeness (QED) is 0.754. The molecule has 0 fully saturated rings. The van der Waals surface area contributed by atoms with Crippen LogP contribution in [0.5, 0.6) is 0 Å². The second-order valence-electron chi connectivity index (χ2n) is 6.56. The standard InChI is InChI=1S/C21H20N4O2/c26-20(24-18-7-8-19-16(12-18)6-3-10-22-19)13-23-21(27)25-11-9-15-4-1-2-5-17(15)14-25/h1-8,10,12H,9,11,13-14H2,(H,23,27)(H,24,26). The van der Waals surface area contributed by atoms with E-state index in [9.17, 15) is 9.59 Å². The average molecular weight is 360 g/mol. The lowest BCUT2D eigenvalue weighted by molar-refractivity contribution is -0.115. The normalized spacial score (nSPS) is 13.1. The first-order valence-corrected chi connectivity index (χ1v) is 8.93. The molecule has 4 rings (SSSR count). The highest BCUT2D eigenvalue weighted by Gasteiger charge is 2.20. The van der Waals surface area contributed by atoms with Crippen LogP contribution in [0.15, 0.2) is 60.8 Å². The van der Waals surface area contributed by atoms with E-state index in [0.717, 1.165) is 22.9 Å². The Balaban J connectivity index is 1.31. The van der Waals surface area contributed by atoms with Gasteiger partial charge in [0, 0.05) is 30.4 Å². The molecule has 2 aromatic carbocycles. The van der Waals surface area contributed by atoms with Gasteiger partial charge in [-0.25, -0.2) is 4.79 Å². The van der Waals surface area contributed by atoms with Crippen LogP contribution < -0.4 is 10.6 Å². The summed E-state index contributed by atoms with van der Waals surface area (Å²) in [5, 5.41) is 6.46. The van der Waals surface area contributed by atoms with Crippen molar-refractivity contribution < 1.29 is 9.59 Å². The third-order valence-corrected chi connectivity index (χ3v) is 4.70. The van der Waals surface area contributed by atoms with Gasteiger partial charge in [-0.3, -0.25) is 9.78 Å². The summed E-state index contributed by atoms with van der Waals surface area (Å²) >= 11 is 0. The second kappa shape index (κ2) is 7.45. The number of urea groups is 1. The van der Waals surface area contributed by atoms with Crippen LogP contribution in [0, 0.1) is 0 Å². The molecule has 3 aromatic rings. The number of fused-ring (bicyclic) bond motifs is 2. The van der Waals surface area contributed by atoms with E-state index in [1.54, 1.807) is 17.2 Å². The number of aromatic nitrogens is 1. The molecule has 6 nitrogen and oxygen atoms in total. The minimum absolute atomic E-state index is 0.0674. The molecule has 0 unspecified atom stereocenters. The summed E-state index contributed by atoms with van der Waals surface area (Å²) in [5.41, 5.74) is 3.99. The van der Waals surface area contributed by atoms with Crippen LogP contribution in [0.3, 0.4) is 0 Å². The number of carbonyl (C=O) groups excluding carboxylic acids is 2. The molecule has 0 atom stereocenters. The van der Waals surface area contributed by atoms with Crippen molar-refractivity contribution in [2.45, 2.75) is 13.0 Å². The fourth-order valence-electron chi connectivity index (χ4n) is 3.30. The van der Waals surface area contributed by atoms with Gasteiger partial charge in [-0.15, -0.1) is 0 Å². The summed E-state index contributed by atoms with van der Waals surface area (Å²) < 4.78 is 0. The van der Waals surface area contributed by atoms with Crippen molar-refractivity contribution in [3.05, 3.63) is 71.9 Å². The molecule has 0 bridgehead atoms. The molecule has 0 saturated heterocycles. The van der Waals surface area contributed by atoms with Gasteiger partial charge in [0.25, 0.3) is 0 Å². The Morgan fingerprint density at radius 1 is 1.04 bits per heavy atom. The second-order valence-corrected chi connectivity index (χ2v) is 6.56. The summed E-state index contributed by atoms with van der Waals surface area (Å²) in [6, 6.07) is 17.2. The van der Waals surface area contributed by atoms with Gasteiger partial charge in [0.05, 0.1) is 12.1 Å². The number of benzene rings is 2. The topological polar surface area (TPSA) is 74.3 Å². The first-order chi connectivity index (χ1) is 13.2. The van der Waals surface area contributed by atoms with Crippen LogP contribution in [0.4, 0.5) is 10.5 Å². The van der Waals surface area contributed by atoms with Crippen molar-refractivity contribution in [3.63, 3.8) is 0 Å². The van der Waals surface area contributed by atoms with Crippen molar-refractivity contribution in [2.75, 3.05) is 18.4 Å². The zero-order chi connectivity index (χ0) is 18.6. The van der Waals surface area contributed by atoms with Gasteiger partial charge >= 0.3 is 6.03 Å². The highest BCUT2D eigenvalue weighted by Crippen LogP contribution is 2.18. The minimum atomic E-state index is -0.260. The number of carbonyl (C=O) groups is 2. The van der Waals surface area contributed by atoms with Crippen LogP contribution in [0.1, 0.15) is 11.1 Å². The number of pyridine rings is 1. The predicted molar refractivity (Wildman–Crippen MR) is 104 cm³/mol. The van der Waals surface area contributed by atoms with Crippen LogP contribution in [-0.2, 0) is 17.8 Å². The van der Waals surface area contributed by atoms with Crippen molar-refractivity contribution in [1.29, 1.82) is 0 Å². The lowest BCUT2D eigenvalue weighted by atomic mass is 10.0. The Hall–Kier alpha value is -3.41. The SMILES string of the molecule is O=C(CNC(=O)N1CCc2ccccc2C1)Nc1ccc2ncccc2c1. The minimum Gasteiger partial charge on any atom is -0.329 e. The van der Waals surface area contributed by atoms with Gasteiger partial charge in [0.1, 0.15) is 0 Å². The van der Waals surface area contributed by atoms with E-state index >= 15 is 0 Å². The largest absolute Gasteiger partial charge is 0.329 e. The molecule has 2 heterocycles. The number of nitrogens with zero attached hydrogens (tertiary/aromatic N) is 2. The monoisotopic (exact) mass is 360 g/mol. The van der Waals surface area contributed by atoms with Gasteiger partial charge in [-0.2, -0.15) is 0 Å². The van der Waals surface area contributed by atoms with Gasteiger partial charge in [0.2, 0.25) is 5.91 Å². The Labute approximate surface area is 157 Å². The summed E-state index contributed by atoms with van der Waals surface area (Å²) in [7, 11) is 0. The molecular weight excluding hydrogens is 340 g/mol. The summed E-state index contributed by atoms with van der Waals surface area (Å²) in [6.45, 7) is 1.16. The van der Waals surface area contributed by atoms with E-state index in [-0.39, 0.29) is 18.5 Å². The van der Waals surface area contributed by atoms with Gasteiger partial charge in [-0.1, -0.05) is 30.3 Å². The Morgan fingerprint density at radius 3 is 2.78 bits per heavy atom. The first kappa shape index (κ1) is 17.0. The van der Waals surface area contributed by atoms with Gasteiger partial charge < -0.3 is 15.5 Å². The predicted octanol–water partition coefficient (Wildman–Crippen LogP) is 2.94. The van der Waals surface area contributed by atoms with Crippen molar-refractivity contribution in [2.24, 2.45) is 0 Å². The number of hydrogen-bond donors (Lipinski definition) is 2. The van der Waals surface area contributed by atoms with E-state index in [2.05, 4.69) is 21.7 Å². The molecule has 0 radical (unpaired) electrons. The highest BCUT2D eigenvalue weighted by atomic mass is 16.2. The van der Waals surface area contributed by atoms with Crippen molar-refractivity contribution in [3.8, 4) is 0 Å². The van der Waals surface area contributed by atoms with E-state index < -0.39 is 0 Å². The van der Waals surface area contributed by atoms with E-state index in [4.69, 9.17) is 0 Å². The smallest absolute Gasteiger partial charge is 0.318 e. The number of nitrogens with one attached hydrogen (secondary N) is 2. The average Bonchev–Trinajstić information content (AvgIpc) is 2.71. The summed E-state index contributed by atoms with van der Waals surface area (Å²) in [4.78, 5) is 30.5. The molecule has 0 aliphatic carbocycles. The van der Waals surface area contributed by atoms with E-state index in [1.807, 2.05) is 42.5 Å². The molecule has 136 valence electrons. The van der Waals surface area contributed by atoms with E-state index in [0.29, 0.717) is 18.8 Å². The number of amides is 3. The zero-order valence-corrected chi connectivity index (χ0v) is 14.8. The number of hydrogen-bond acceptors (Lipinski definition) is 3. The molecule has 0 saturated carbocycles. The third kappa shape index (κ3) is 3.89. The molecular formula is C21H20N4O2. The van der Waals surface area contributed by atoms with Crippen LogP contribution in [-0.4, -0.2) is 34.9 Å². The fourth-order valence-corrected chi connectivity index (χ4v) is 3.30. The molecule has 1 aromatic heterocycles. The van der Waals surface area contributed by atoms with E-state index in [1.165, 1.54) is 5.56 Å².